The summed E-state index contributed by atoms with van der Waals surface area (Å²) in [7, 11) is 0. The molecule has 29 heavy (non-hydrogen) atoms. The summed E-state index contributed by atoms with van der Waals surface area (Å²) in [5, 5.41) is 2.98. The molecule has 6 heteroatoms. The van der Waals surface area contributed by atoms with Gasteiger partial charge in [0.2, 0.25) is 11.8 Å². The maximum Gasteiger partial charge on any atom is 0.234 e. The highest BCUT2D eigenvalue weighted by Crippen LogP contribution is 2.22. The number of rotatable bonds is 6. The molecule has 0 unspecified atom stereocenters. The first-order valence-corrected chi connectivity index (χ1v) is 10.3. The Bertz CT molecular complexity index is 815. The Morgan fingerprint density at radius 1 is 1.00 bits per heavy atom. The van der Waals surface area contributed by atoms with Crippen LogP contribution in [0.15, 0.2) is 46.9 Å². The first-order chi connectivity index (χ1) is 13.8. The molecule has 1 aromatic heterocycles. The molecule has 1 aliphatic rings. The molecule has 1 fully saturated rings. The van der Waals surface area contributed by atoms with Crippen LogP contribution in [0.3, 0.4) is 0 Å². The molecule has 0 spiro atoms. The Labute approximate surface area is 172 Å². The number of nitrogens with one attached hydrogen (secondary N) is 1. The maximum atomic E-state index is 12.6. The minimum atomic E-state index is -0.221. The minimum Gasteiger partial charge on any atom is -0.461 e. The van der Waals surface area contributed by atoms with Gasteiger partial charge in [0, 0.05) is 50.1 Å². The number of benzene rings is 1. The molecule has 1 aliphatic heterocycles. The lowest BCUT2D eigenvalue weighted by Gasteiger charge is -2.35. The zero-order valence-corrected chi connectivity index (χ0v) is 17.6. The summed E-state index contributed by atoms with van der Waals surface area (Å²) in [6.07, 6.45) is 1.03. The van der Waals surface area contributed by atoms with E-state index in [1.807, 2.05) is 68.1 Å². The van der Waals surface area contributed by atoms with Gasteiger partial charge in [-0.2, -0.15) is 0 Å². The van der Waals surface area contributed by atoms with Crippen molar-refractivity contribution in [2.75, 3.05) is 32.7 Å². The summed E-state index contributed by atoms with van der Waals surface area (Å²) < 4.78 is 5.88. The Balaban J connectivity index is 1.41. The van der Waals surface area contributed by atoms with Crippen LogP contribution in [0.4, 0.5) is 0 Å². The quantitative estimate of drug-likeness (QED) is 0.814. The molecule has 2 heterocycles. The number of carbonyl (C=O) groups excluding carboxylic acids is 2. The van der Waals surface area contributed by atoms with E-state index >= 15 is 0 Å². The molecule has 1 N–H and O–H groups in total. The third kappa shape index (κ3) is 6.46. The zero-order chi connectivity index (χ0) is 20.9. The van der Waals surface area contributed by atoms with Crippen molar-refractivity contribution in [3.8, 4) is 11.3 Å². The predicted molar refractivity (Wildman–Crippen MR) is 113 cm³/mol. The highest BCUT2D eigenvalue weighted by molar-refractivity contribution is 5.79. The summed E-state index contributed by atoms with van der Waals surface area (Å²) in [4.78, 5) is 28.6. The van der Waals surface area contributed by atoms with E-state index in [1.54, 1.807) is 0 Å². The maximum absolute atomic E-state index is 12.6. The smallest absolute Gasteiger partial charge is 0.234 e. The lowest BCUT2D eigenvalue weighted by molar-refractivity contribution is -0.133. The molecular weight excluding hydrogens is 366 g/mol. The SMILES string of the molecule is CC(C)(C)NC(=O)CN1CCN(C(=O)CCc2ccc(-c3ccccc3)o2)CC1. The number of carbonyl (C=O) groups is 2. The second kappa shape index (κ2) is 9.27. The average Bonchev–Trinajstić information content (AvgIpc) is 3.15. The van der Waals surface area contributed by atoms with Crippen molar-refractivity contribution < 1.29 is 14.0 Å². The highest BCUT2D eigenvalue weighted by Gasteiger charge is 2.23. The second-order valence-corrected chi connectivity index (χ2v) is 8.59. The van der Waals surface area contributed by atoms with Crippen LogP contribution >= 0.6 is 0 Å². The number of nitrogens with zero attached hydrogens (tertiary/aromatic N) is 2. The summed E-state index contributed by atoms with van der Waals surface area (Å²) in [5.74, 6) is 1.83. The molecule has 2 aromatic rings. The fourth-order valence-corrected chi connectivity index (χ4v) is 3.47. The number of hydrogen-bond donors (Lipinski definition) is 1. The van der Waals surface area contributed by atoms with Crippen LogP contribution < -0.4 is 5.32 Å². The van der Waals surface area contributed by atoms with Gasteiger partial charge < -0.3 is 14.6 Å². The molecule has 0 aliphatic carbocycles. The molecule has 1 aromatic carbocycles. The van der Waals surface area contributed by atoms with Crippen LogP contribution in [-0.2, 0) is 16.0 Å². The Kier molecular flexibility index (Phi) is 6.75. The molecule has 0 radical (unpaired) electrons. The van der Waals surface area contributed by atoms with Crippen molar-refractivity contribution >= 4 is 11.8 Å². The lowest BCUT2D eigenvalue weighted by Crippen LogP contribution is -2.52. The van der Waals surface area contributed by atoms with E-state index in [-0.39, 0.29) is 17.4 Å². The Hall–Kier alpha value is -2.60. The summed E-state index contributed by atoms with van der Waals surface area (Å²) >= 11 is 0. The number of furan rings is 1. The fourth-order valence-electron chi connectivity index (χ4n) is 3.47. The van der Waals surface area contributed by atoms with E-state index in [4.69, 9.17) is 4.42 Å². The molecule has 0 bridgehead atoms. The molecule has 0 atom stereocenters. The van der Waals surface area contributed by atoms with Crippen molar-refractivity contribution in [3.63, 3.8) is 0 Å². The largest absolute Gasteiger partial charge is 0.461 e. The molecular formula is C23H31N3O3. The minimum absolute atomic E-state index is 0.0318. The Morgan fingerprint density at radius 2 is 1.69 bits per heavy atom. The summed E-state index contributed by atoms with van der Waals surface area (Å²) in [6, 6.07) is 13.9. The standard InChI is InChI=1S/C23H31N3O3/c1-23(2,3)24-21(27)17-25-13-15-26(16-14-25)22(28)12-10-19-9-11-20(29-19)18-7-5-4-6-8-18/h4-9,11H,10,12-17H2,1-3H3,(H,24,27). The van der Waals surface area contributed by atoms with Crippen LogP contribution in [0, 0.1) is 0 Å². The van der Waals surface area contributed by atoms with E-state index in [0.717, 1.165) is 30.2 Å². The van der Waals surface area contributed by atoms with Crippen molar-refractivity contribution in [1.82, 2.24) is 15.1 Å². The van der Waals surface area contributed by atoms with Crippen LogP contribution in [0.2, 0.25) is 0 Å². The first-order valence-electron chi connectivity index (χ1n) is 10.3. The third-order valence-corrected chi connectivity index (χ3v) is 4.91. The first kappa shape index (κ1) is 21.1. The molecule has 156 valence electrons. The van der Waals surface area contributed by atoms with Gasteiger partial charge >= 0.3 is 0 Å². The number of aryl methyl sites for hydroxylation is 1. The van der Waals surface area contributed by atoms with Gasteiger partial charge in [0.15, 0.2) is 0 Å². The number of amides is 2. The molecule has 3 rings (SSSR count). The fraction of sp³-hybridized carbons (Fsp3) is 0.478. The van der Waals surface area contributed by atoms with Gasteiger partial charge in [-0.25, -0.2) is 0 Å². The monoisotopic (exact) mass is 397 g/mol. The Morgan fingerprint density at radius 3 is 2.34 bits per heavy atom. The van der Waals surface area contributed by atoms with Gasteiger partial charge in [0.1, 0.15) is 11.5 Å². The van der Waals surface area contributed by atoms with Gasteiger partial charge in [0.05, 0.1) is 6.54 Å². The van der Waals surface area contributed by atoms with E-state index in [0.29, 0.717) is 32.5 Å². The molecule has 1 saturated heterocycles. The van der Waals surface area contributed by atoms with E-state index < -0.39 is 0 Å². The van der Waals surface area contributed by atoms with Crippen LogP contribution in [0.25, 0.3) is 11.3 Å². The van der Waals surface area contributed by atoms with E-state index in [2.05, 4.69) is 10.2 Å². The summed E-state index contributed by atoms with van der Waals surface area (Å²) in [5.41, 5.74) is 0.817. The van der Waals surface area contributed by atoms with Crippen molar-refractivity contribution in [3.05, 3.63) is 48.2 Å². The van der Waals surface area contributed by atoms with Gasteiger partial charge in [0.25, 0.3) is 0 Å². The molecule has 6 nitrogen and oxygen atoms in total. The van der Waals surface area contributed by atoms with E-state index in [1.165, 1.54) is 0 Å². The highest BCUT2D eigenvalue weighted by atomic mass is 16.3. The third-order valence-electron chi connectivity index (χ3n) is 4.91. The number of hydrogen-bond acceptors (Lipinski definition) is 4. The van der Waals surface area contributed by atoms with Gasteiger partial charge in [-0.15, -0.1) is 0 Å². The van der Waals surface area contributed by atoms with Gasteiger partial charge in [-0.05, 0) is 32.9 Å². The van der Waals surface area contributed by atoms with Gasteiger partial charge in [-0.1, -0.05) is 30.3 Å². The normalized spacial score (nSPS) is 15.3. The topological polar surface area (TPSA) is 65.8 Å². The van der Waals surface area contributed by atoms with Crippen molar-refractivity contribution in [1.29, 1.82) is 0 Å². The van der Waals surface area contributed by atoms with Crippen LogP contribution in [0.5, 0.6) is 0 Å². The number of piperazine rings is 1. The summed E-state index contributed by atoms with van der Waals surface area (Å²) in [6.45, 7) is 9.08. The van der Waals surface area contributed by atoms with Crippen molar-refractivity contribution in [2.45, 2.75) is 39.2 Å². The average molecular weight is 398 g/mol. The van der Waals surface area contributed by atoms with E-state index in [9.17, 15) is 9.59 Å². The van der Waals surface area contributed by atoms with Gasteiger partial charge in [-0.3, -0.25) is 14.5 Å². The molecule has 0 saturated carbocycles. The predicted octanol–water partition coefficient (Wildman–Crippen LogP) is 2.94. The second-order valence-electron chi connectivity index (χ2n) is 8.59. The molecule has 2 amide bonds. The van der Waals surface area contributed by atoms with Crippen LogP contribution in [0.1, 0.15) is 33.0 Å². The zero-order valence-electron chi connectivity index (χ0n) is 17.6. The van der Waals surface area contributed by atoms with Crippen molar-refractivity contribution in [2.24, 2.45) is 0 Å². The lowest BCUT2D eigenvalue weighted by atomic mass is 10.1. The van der Waals surface area contributed by atoms with Crippen LogP contribution in [-0.4, -0.2) is 59.9 Å².